The normalized spacial score (nSPS) is 50.5. The van der Waals surface area contributed by atoms with E-state index in [1.807, 2.05) is 0 Å². The molecule has 1 aromatic heterocycles. The molecule has 30 heavy (non-hydrogen) atoms. The number of aliphatic hydroxyl groups excluding tert-OH is 2. The van der Waals surface area contributed by atoms with E-state index in [-0.39, 0.29) is 30.0 Å². The Labute approximate surface area is 174 Å². The van der Waals surface area contributed by atoms with Gasteiger partial charge in [-0.3, -0.25) is 4.79 Å². The molecule has 0 bridgehead atoms. The zero-order valence-electron chi connectivity index (χ0n) is 17.2. The van der Waals surface area contributed by atoms with Crippen molar-refractivity contribution >= 4 is 5.78 Å². The fraction of sp³-hybridized carbons (Fsp3) is 0.739. The lowest BCUT2D eigenvalue weighted by Crippen LogP contribution is -2.70. The van der Waals surface area contributed by atoms with Gasteiger partial charge in [-0.05, 0) is 67.9 Å². The van der Waals surface area contributed by atoms with Crippen LogP contribution in [-0.2, 0) is 4.79 Å². The average molecular weight is 418 g/mol. The summed E-state index contributed by atoms with van der Waals surface area (Å²) in [5, 5.41) is 44.6. The molecule has 9 atom stereocenters. The number of rotatable bonds is 1. The van der Waals surface area contributed by atoms with Gasteiger partial charge in [0.25, 0.3) is 0 Å². The predicted octanol–water partition coefficient (Wildman–Crippen LogP) is 1.12. The summed E-state index contributed by atoms with van der Waals surface area (Å²) in [5.74, 6) is -1.95. The molecule has 0 saturated heterocycles. The molecule has 4 saturated carbocycles. The minimum Gasteiger partial charge on any atom is -0.431 e. The van der Waals surface area contributed by atoms with Gasteiger partial charge < -0.3 is 24.8 Å². The van der Waals surface area contributed by atoms with Crippen LogP contribution in [0, 0.1) is 23.2 Å². The molecule has 0 unspecified atom stereocenters. The molecule has 0 aliphatic heterocycles. The quantitative estimate of drug-likeness (QED) is 0.538. The van der Waals surface area contributed by atoms with Crippen LogP contribution >= 0.6 is 0 Å². The number of aliphatic hydroxyl groups is 4. The van der Waals surface area contributed by atoms with Crippen LogP contribution in [0.3, 0.4) is 0 Å². The maximum Gasteiger partial charge on any atom is 0.335 e. The summed E-state index contributed by atoms with van der Waals surface area (Å²) >= 11 is 0. The van der Waals surface area contributed by atoms with Gasteiger partial charge in [0, 0.05) is 23.8 Å². The van der Waals surface area contributed by atoms with Gasteiger partial charge >= 0.3 is 5.63 Å². The van der Waals surface area contributed by atoms with Gasteiger partial charge in [-0.2, -0.15) is 0 Å². The predicted molar refractivity (Wildman–Crippen MR) is 106 cm³/mol. The Balaban J connectivity index is 1.56. The molecule has 4 aliphatic rings. The Morgan fingerprint density at radius 3 is 2.47 bits per heavy atom. The minimum atomic E-state index is -1.38. The maximum absolute atomic E-state index is 13.6. The molecule has 7 heteroatoms. The molecule has 7 nitrogen and oxygen atoms in total. The smallest absolute Gasteiger partial charge is 0.335 e. The second-order valence-corrected chi connectivity index (χ2v) is 10.3. The number of ketones is 1. The van der Waals surface area contributed by atoms with E-state index in [1.54, 1.807) is 13.0 Å². The highest BCUT2D eigenvalue weighted by molar-refractivity contribution is 5.89. The molecule has 0 spiro atoms. The Morgan fingerprint density at radius 1 is 1.00 bits per heavy atom. The summed E-state index contributed by atoms with van der Waals surface area (Å²) in [6, 6.07) is 2.98. The molecule has 4 aliphatic carbocycles. The number of fused-ring (bicyclic) bond motifs is 5. The van der Waals surface area contributed by atoms with Crippen molar-refractivity contribution in [3.8, 4) is 0 Å². The molecule has 164 valence electrons. The molecule has 1 heterocycles. The molecule has 4 N–H and O–H groups in total. The van der Waals surface area contributed by atoms with Crippen molar-refractivity contribution in [1.29, 1.82) is 0 Å². The zero-order chi connectivity index (χ0) is 21.5. The van der Waals surface area contributed by atoms with E-state index in [4.69, 9.17) is 4.42 Å². The molecule has 0 amide bonds. The van der Waals surface area contributed by atoms with Crippen LogP contribution in [0.2, 0.25) is 0 Å². The topological polar surface area (TPSA) is 128 Å². The second-order valence-electron chi connectivity index (χ2n) is 10.3. The molecule has 4 fully saturated rings. The maximum atomic E-state index is 13.6. The third-order valence-corrected chi connectivity index (χ3v) is 9.22. The number of hydrogen-bond acceptors (Lipinski definition) is 7. The van der Waals surface area contributed by atoms with Crippen molar-refractivity contribution in [2.75, 3.05) is 0 Å². The first kappa shape index (κ1) is 20.4. The largest absolute Gasteiger partial charge is 0.431 e. The summed E-state index contributed by atoms with van der Waals surface area (Å²) in [5.41, 5.74) is -3.26. The highest BCUT2D eigenvalue weighted by Crippen LogP contribution is 2.67. The van der Waals surface area contributed by atoms with Crippen molar-refractivity contribution < 1.29 is 29.6 Å². The average Bonchev–Trinajstić information content (AvgIpc) is 2.98. The van der Waals surface area contributed by atoms with Crippen LogP contribution in [-0.4, -0.2) is 49.6 Å². The van der Waals surface area contributed by atoms with Crippen LogP contribution in [0.15, 0.2) is 27.6 Å². The summed E-state index contributed by atoms with van der Waals surface area (Å²) in [4.78, 5) is 24.9. The lowest BCUT2D eigenvalue weighted by molar-refractivity contribution is -0.236. The molecule has 0 aromatic carbocycles. The fourth-order valence-electron chi connectivity index (χ4n) is 7.71. The Hall–Kier alpha value is -1.54. The molecule has 1 aromatic rings. The third-order valence-electron chi connectivity index (χ3n) is 9.22. The van der Waals surface area contributed by atoms with Crippen LogP contribution in [0.25, 0.3) is 0 Å². The number of carbonyl (C=O) groups excluding carboxylic acids is 1. The van der Waals surface area contributed by atoms with E-state index in [9.17, 15) is 30.0 Å². The summed E-state index contributed by atoms with van der Waals surface area (Å²) < 4.78 is 5.03. The van der Waals surface area contributed by atoms with Crippen LogP contribution in [0.1, 0.15) is 63.4 Å². The van der Waals surface area contributed by atoms with E-state index in [1.165, 1.54) is 12.3 Å². The number of carbonyl (C=O) groups is 1. The highest BCUT2D eigenvalue weighted by atomic mass is 16.4. The Kier molecular flexibility index (Phi) is 4.40. The molecular weight excluding hydrogens is 388 g/mol. The SMILES string of the molecule is C[C@]12[C@H](O)C(=O)[C@@H]3[C@H]4CC[C@H](O)C[C@@]4(O)CC[C@H]3[C@@]1(O)CC[C@@H]2c1ccc(=O)oc1. The van der Waals surface area contributed by atoms with E-state index < -0.39 is 40.4 Å². The molecule has 0 radical (unpaired) electrons. The standard InChI is InChI=1S/C23H30O7/c1-21-14(12-2-5-17(25)30-11-12)7-9-23(21,29)16-6-8-22(28)10-13(24)3-4-15(22)18(16)19(26)20(21)27/h2,5,11,13-16,18,20,24,27-29H,3-4,6-10H2,1H3/t13-,14+,15+,16+,18+,20+,21-,22-,23-/m0/s1. The van der Waals surface area contributed by atoms with E-state index in [0.717, 1.165) is 0 Å². The minimum absolute atomic E-state index is 0.242. The van der Waals surface area contributed by atoms with Crippen molar-refractivity contribution in [3.63, 3.8) is 0 Å². The first-order valence-electron chi connectivity index (χ1n) is 11.1. The molecular formula is C23H30O7. The highest BCUT2D eigenvalue weighted by Gasteiger charge is 2.73. The van der Waals surface area contributed by atoms with Crippen molar-refractivity contribution in [1.82, 2.24) is 0 Å². The number of Topliss-reactive ketones (excluding diaryl/α,β-unsaturated/α-hetero) is 1. The number of hydrogen-bond donors (Lipinski definition) is 4. The van der Waals surface area contributed by atoms with E-state index in [0.29, 0.717) is 44.1 Å². The van der Waals surface area contributed by atoms with E-state index >= 15 is 0 Å². The van der Waals surface area contributed by atoms with Gasteiger partial charge in [0.1, 0.15) is 6.10 Å². The Bertz CT molecular complexity index is 906. The Morgan fingerprint density at radius 2 is 1.77 bits per heavy atom. The van der Waals surface area contributed by atoms with Crippen LogP contribution < -0.4 is 5.63 Å². The van der Waals surface area contributed by atoms with Crippen LogP contribution in [0.4, 0.5) is 0 Å². The van der Waals surface area contributed by atoms with Gasteiger partial charge in [-0.15, -0.1) is 0 Å². The lowest BCUT2D eigenvalue weighted by Gasteiger charge is -2.62. The first-order valence-corrected chi connectivity index (χ1v) is 11.1. The van der Waals surface area contributed by atoms with Crippen molar-refractivity contribution in [2.24, 2.45) is 23.2 Å². The van der Waals surface area contributed by atoms with Crippen LogP contribution in [0.5, 0.6) is 0 Å². The first-order chi connectivity index (χ1) is 14.1. The fourth-order valence-corrected chi connectivity index (χ4v) is 7.71. The van der Waals surface area contributed by atoms with Gasteiger partial charge in [0.2, 0.25) is 0 Å². The van der Waals surface area contributed by atoms with Crippen molar-refractivity contribution in [3.05, 3.63) is 34.4 Å². The molecule has 5 rings (SSSR count). The van der Waals surface area contributed by atoms with Gasteiger partial charge in [0.05, 0.1) is 23.6 Å². The van der Waals surface area contributed by atoms with Gasteiger partial charge in [-0.1, -0.05) is 6.92 Å². The third kappa shape index (κ3) is 2.46. The zero-order valence-corrected chi connectivity index (χ0v) is 17.2. The summed E-state index contributed by atoms with van der Waals surface area (Å²) in [6.45, 7) is 1.78. The lowest BCUT2D eigenvalue weighted by atomic mass is 9.45. The summed E-state index contributed by atoms with van der Waals surface area (Å²) in [7, 11) is 0. The van der Waals surface area contributed by atoms with Gasteiger partial charge in [0.15, 0.2) is 5.78 Å². The monoisotopic (exact) mass is 418 g/mol. The van der Waals surface area contributed by atoms with E-state index in [2.05, 4.69) is 0 Å². The summed E-state index contributed by atoms with van der Waals surface area (Å²) in [6.07, 6.45) is 2.60. The van der Waals surface area contributed by atoms with Gasteiger partial charge in [-0.25, -0.2) is 4.79 Å². The van der Waals surface area contributed by atoms with Crippen molar-refractivity contribution in [2.45, 2.75) is 81.2 Å². The second kappa shape index (κ2) is 6.48.